The number of pyridine rings is 2. The number of likely N-dealkylation sites (tertiary alicyclic amines) is 1. The summed E-state index contributed by atoms with van der Waals surface area (Å²) in [5.41, 5.74) is 0.790. The summed E-state index contributed by atoms with van der Waals surface area (Å²) >= 11 is 6.14. The smallest absolute Gasteiger partial charge is 0.264 e. The summed E-state index contributed by atoms with van der Waals surface area (Å²) in [6, 6.07) is 6.14. The van der Waals surface area contributed by atoms with Crippen molar-refractivity contribution >= 4 is 29.1 Å². The summed E-state index contributed by atoms with van der Waals surface area (Å²) in [4.78, 5) is 22.4. The maximum Gasteiger partial charge on any atom is 0.264 e. The molecule has 28 heavy (non-hydrogen) atoms. The van der Waals surface area contributed by atoms with E-state index in [1.54, 1.807) is 6.07 Å². The lowest BCUT2D eigenvalue weighted by Crippen LogP contribution is -2.49. The Kier molecular flexibility index (Phi) is 5.84. The molecule has 1 N–H and O–H groups in total. The fraction of sp³-hybridized carbons (Fsp3) is 0.450. The van der Waals surface area contributed by atoms with E-state index in [1.165, 1.54) is 18.3 Å². The highest BCUT2D eigenvalue weighted by atomic mass is 35.5. The first-order chi connectivity index (χ1) is 13.1. The Morgan fingerprint density at radius 3 is 2.64 bits per heavy atom. The van der Waals surface area contributed by atoms with Crippen LogP contribution in [0.2, 0.25) is 5.15 Å². The van der Waals surface area contributed by atoms with Crippen molar-refractivity contribution in [1.29, 1.82) is 0 Å². The van der Waals surface area contributed by atoms with Crippen LogP contribution in [0.15, 0.2) is 30.5 Å². The van der Waals surface area contributed by atoms with Gasteiger partial charge >= 0.3 is 0 Å². The molecule has 2 aromatic heterocycles. The van der Waals surface area contributed by atoms with Crippen molar-refractivity contribution in [1.82, 2.24) is 14.9 Å². The van der Waals surface area contributed by atoms with Gasteiger partial charge in [0.2, 0.25) is 5.91 Å². The fourth-order valence-corrected chi connectivity index (χ4v) is 3.27. The highest BCUT2D eigenvalue weighted by Crippen LogP contribution is 2.32. The van der Waals surface area contributed by atoms with Gasteiger partial charge in [-0.2, -0.15) is 0 Å². The molecular weight excluding hydrogens is 386 g/mol. The molecule has 1 aliphatic rings. The first kappa shape index (κ1) is 20.5. The predicted octanol–water partition coefficient (Wildman–Crippen LogP) is 5.17. The molecule has 1 aliphatic heterocycles. The molecule has 1 fully saturated rings. The summed E-state index contributed by atoms with van der Waals surface area (Å²) in [6.07, 6.45) is -0.742. The Labute approximate surface area is 168 Å². The number of carbonyl (C=O) groups is 1. The average Bonchev–Trinajstić information content (AvgIpc) is 2.51. The second-order valence-electron chi connectivity index (χ2n) is 8.24. The molecule has 2 aromatic rings. The summed E-state index contributed by atoms with van der Waals surface area (Å²) in [7, 11) is 0. The molecule has 1 saturated heterocycles. The van der Waals surface area contributed by atoms with E-state index in [1.807, 2.05) is 31.7 Å². The number of rotatable bonds is 5. The average molecular weight is 409 g/mol. The minimum Gasteiger partial charge on any atom is -0.341 e. The topological polar surface area (TPSA) is 58.1 Å². The van der Waals surface area contributed by atoms with E-state index < -0.39 is 6.43 Å². The van der Waals surface area contributed by atoms with Crippen LogP contribution in [0, 0.1) is 5.41 Å². The zero-order valence-corrected chi connectivity index (χ0v) is 16.8. The van der Waals surface area contributed by atoms with Crippen molar-refractivity contribution in [2.24, 2.45) is 5.41 Å². The van der Waals surface area contributed by atoms with E-state index in [4.69, 9.17) is 11.6 Å². The van der Waals surface area contributed by atoms with Gasteiger partial charge in [0.05, 0.1) is 0 Å². The monoisotopic (exact) mass is 408 g/mol. The fourth-order valence-electron chi connectivity index (χ4n) is 3.06. The Hall–Kier alpha value is -2.28. The van der Waals surface area contributed by atoms with Crippen LogP contribution in [0.4, 0.5) is 20.4 Å². The molecule has 150 valence electrons. The normalized spacial score (nSPS) is 14.9. The largest absolute Gasteiger partial charge is 0.341 e. The first-order valence-electron chi connectivity index (χ1n) is 9.07. The number of halogens is 3. The molecule has 8 heteroatoms. The molecule has 0 atom stereocenters. The molecule has 0 saturated carbocycles. The van der Waals surface area contributed by atoms with Crippen LogP contribution >= 0.6 is 11.6 Å². The summed E-state index contributed by atoms with van der Waals surface area (Å²) < 4.78 is 25.7. The van der Waals surface area contributed by atoms with Crippen molar-refractivity contribution < 1.29 is 13.6 Å². The number of alkyl halides is 2. The summed E-state index contributed by atoms with van der Waals surface area (Å²) in [6.45, 7) is 7.39. The van der Waals surface area contributed by atoms with Crippen molar-refractivity contribution in [3.05, 3.63) is 46.7 Å². The molecule has 0 spiro atoms. The molecule has 0 aromatic carbocycles. The van der Waals surface area contributed by atoms with E-state index in [0.29, 0.717) is 30.5 Å². The lowest BCUT2D eigenvalue weighted by molar-refractivity contribution is -0.137. The van der Waals surface area contributed by atoms with E-state index in [9.17, 15) is 13.6 Å². The van der Waals surface area contributed by atoms with E-state index >= 15 is 0 Å². The number of carbonyl (C=O) groups excluding carboxylic acids is 1. The van der Waals surface area contributed by atoms with Gasteiger partial charge in [-0.3, -0.25) is 4.79 Å². The van der Waals surface area contributed by atoms with Gasteiger partial charge < -0.3 is 10.2 Å². The molecule has 0 radical (unpaired) electrons. The van der Waals surface area contributed by atoms with Gasteiger partial charge in [-0.05, 0) is 35.2 Å². The third-order valence-electron chi connectivity index (χ3n) is 4.50. The van der Waals surface area contributed by atoms with Gasteiger partial charge in [-0.15, -0.1) is 0 Å². The molecule has 1 amide bonds. The number of hydrogen-bond acceptors (Lipinski definition) is 4. The number of hydrogen-bond donors (Lipinski definition) is 1. The van der Waals surface area contributed by atoms with Crippen LogP contribution in [0.3, 0.4) is 0 Å². The number of nitrogens with one attached hydrogen (secondary N) is 1. The van der Waals surface area contributed by atoms with E-state index in [0.717, 1.165) is 5.56 Å². The third-order valence-corrected chi connectivity index (χ3v) is 4.69. The summed E-state index contributed by atoms with van der Waals surface area (Å²) in [5.74, 6) is 1.02. The molecule has 3 rings (SSSR count). The van der Waals surface area contributed by atoms with Gasteiger partial charge in [0.25, 0.3) is 6.43 Å². The minimum atomic E-state index is -2.57. The van der Waals surface area contributed by atoms with Crippen LogP contribution in [0.5, 0.6) is 0 Å². The van der Waals surface area contributed by atoms with Crippen LogP contribution in [-0.4, -0.2) is 33.9 Å². The second-order valence-corrected chi connectivity index (χ2v) is 8.63. The first-order valence-corrected chi connectivity index (χ1v) is 9.45. The van der Waals surface area contributed by atoms with Gasteiger partial charge in [0, 0.05) is 37.2 Å². The van der Waals surface area contributed by atoms with E-state index in [2.05, 4.69) is 15.3 Å². The lowest BCUT2D eigenvalue weighted by atomic mass is 9.88. The predicted molar refractivity (Wildman–Crippen MR) is 105 cm³/mol. The van der Waals surface area contributed by atoms with Crippen molar-refractivity contribution in [2.45, 2.75) is 39.5 Å². The van der Waals surface area contributed by atoms with Gasteiger partial charge in [-0.25, -0.2) is 18.7 Å². The van der Waals surface area contributed by atoms with Crippen LogP contribution in [0.25, 0.3) is 0 Å². The molecule has 0 unspecified atom stereocenters. The number of amides is 1. The Balaban J connectivity index is 1.68. The maximum absolute atomic E-state index is 12.9. The zero-order valence-electron chi connectivity index (χ0n) is 16.0. The van der Waals surface area contributed by atoms with Crippen LogP contribution < -0.4 is 5.32 Å². The highest BCUT2D eigenvalue weighted by Gasteiger charge is 2.33. The Bertz CT molecular complexity index is 864. The van der Waals surface area contributed by atoms with Gasteiger partial charge in [-0.1, -0.05) is 32.4 Å². The van der Waals surface area contributed by atoms with Crippen molar-refractivity contribution in [2.75, 3.05) is 18.4 Å². The van der Waals surface area contributed by atoms with Crippen LogP contribution in [-0.2, 0) is 4.79 Å². The zero-order chi connectivity index (χ0) is 20.5. The quantitative estimate of drug-likeness (QED) is 0.693. The minimum absolute atomic E-state index is 0.0427. The molecular formula is C20H23ClF2N4O. The standard InChI is InChI=1S/C20H23ClF2N4O/c1-20(2,3)9-18(28)27-10-14(11-27)13-6-15(21)25-17(8-13)26-16-7-12(19(22)23)4-5-24-16/h4-8,14,19H,9-11H2,1-3H3,(H,24,25,26). The van der Waals surface area contributed by atoms with Gasteiger partial charge in [0.15, 0.2) is 0 Å². The van der Waals surface area contributed by atoms with Crippen molar-refractivity contribution in [3.8, 4) is 0 Å². The SMILES string of the molecule is CC(C)(C)CC(=O)N1CC(c2cc(Cl)nc(Nc3cc(C(F)F)ccn3)c2)C1. The molecule has 0 bridgehead atoms. The maximum atomic E-state index is 12.9. The molecule has 3 heterocycles. The highest BCUT2D eigenvalue weighted by molar-refractivity contribution is 6.29. The third kappa shape index (κ3) is 5.16. The summed E-state index contributed by atoms with van der Waals surface area (Å²) in [5, 5.41) is 3.22. The van der Waals surface area contributed by atoms with Crippen molar-refractivity contribution in [3.63, 3.8) is 0 Å². The lowest BCUT2D eigenvalue weighted by Gasteiger charge is -2.41. The van der Waals surface area contributed by atoms with Crippen LogP contribution in [0.1, 0.15) is 50.7 Å². The molecule has 0 aliphatic carbocycles. The number of aromatic nitrogens is 2. The Morgan fingerprint density at radius 2 is 2.00 bits per heavy atom. The number of nitrogens with zero attached hydrogens (tertiary/aromatic N) is 3. The molecule has 5 nitrogen and oxygen atoms in total. The Morgan fingerprint density at radius 1 is 1.29 bits per heavy atom. The van der Waals surface area contributed by atoms with E-state index in [-0.39, 0.29) is 28.6 Å². The number of anilines is 2. The van der Waals surface area contributed by atoms with Gasteiger partial charge in [0.1, 0.15) is 16.8 Å². The second kappa shape index (κ2) is 7.99.